The fourth-order valence-electron chi connectivity index (χ4n) is 4.27. The van der Waals surface area contributed by atoms with Crippen LogP contribution in [0.15, 0.2) is 36.9 Å². The number of carbonyl (C=O) groups excluding carboxylic acids is 1. The Morgan fingerprint density at radius 3 is 2.80 bits per heavy atom. The molecule has 4 rings (SSSR count). The van der Waals surface area contributed by atoms with Gasteiger partial charge in [0.15, 0.2) is 0 Å². The van der Waals surface area contributed by atoms with Crippen molar-refractivity contribution in [1.82, 2.24) is 25.4 Å². The molecule has 1 spiro atoms. The summed E-state index contributed by atoms with van der Waals surface area (Å²) in [6, 6.07) is 4.50. The lowest BCUT2D eigenvalue weighted by atomic mass is 9.60. The number of aromatic nitrogens is 3. The molecule has 0 radical (unpaired) electrons. The minimum Gasteiger partial charge on any atom is -0.353 e. The van der Waals surface area contributed by atoms with Crippen molar-refractivity contribution in [3.8, 4) is 0 Å². The third-order valence-corrected chi connectivity index (χ3v) is 5.69. The first-order chi connectivity index (χ1) is 12.2. The van der Waals surface area contributed by atoms with Crippen molar-refractivity contribution in [2.45, 2.75) is 44.7 Å². The molecule has 2 fully saturated rings. The predicted molar refractivity (Wildman–Crippen MR) is 94.6 cm³/mol. The molecular weight excluding hydrogens is 314 g/mol. The normalized spacial score (nSPS) is 20.3. The number of aromatic amines is 1. The molecule has 1 saturated heterocycles. The van der Waals surface area contributed by atoms with E-state index in [4.69, 9.17) is 0 Å². The first-order valence-corrected chi connectivity index (χ1v) is 9.09. The molecule has 0 unspecified atom stereocenters. The van der Waals surface area contributed by atoms with Gasteiger partial charge in [-0.05, 0) is 61.4 Å². The molecule has 6 heteroatoms. The van der Waals surface area contributed by atoms with Crippen LogP contribution in [0.5, 0.6) is 0 Å². The monoisotopic (exact) mass is 339 g/mol. The average Bonchev–Trinajstić information content (AvgIpc) is 3.09. The molecule has 2 aromatic rings. The Labute approximate surface area is 148 Å². The Balaban J connectivity index is 1.19. The molecule has 0 atom stereocenters. The summed E-state index contributed by atoms with van der Waals surface area (Å²) in [5.74, 6) is 0.107. The second-order valence-corrected chi connectivity index (χ2v) is 7.59. The van der Waals surface area contributed by atoms with Gasteiger partial charge in [-0.3, -0.25) is 19.8 Å². The van der Waals surface area contributed by atoms with E-state index < -0.39 is 0 Å². The number of carbonyl (C=O) groups is 1. The Hall–Kier alpha value is -2.21. The summed E-state index contributed by atoms with van der Waals surface area (Å²) in [5.41, 5.74) is 2.69. The molecule has 132 valence electrons. The van der Waals surface area contributed by atoms with Gasteiger partial charge in [0.1, 0.15) is 0 Å². The molecule has 25 heavy (non-hydrogen) atoms. The van der Waals surface area contributed by atoms with Crippen molar-refractivity contribution < 1.29 is 4.79 Å². The lowest BCUT2D eigenvalue weighted by molar-refractivity contribution is -0.123. The van der Waals surface area contributed by atoms with E-state index in [2.05, 4.69) is 31.5 Å². The van der Waals surface area contributed by atoms with E-state index in [0.717, 1.165) is 38.0 Å². The van der Waals surface area contributed by atoms with Crippen LogP contribution < -0.4 is 5.32 Å². The molecule has 0 aromatic carbocycles. The minimum absolute atomic E-state index is 0.107. The fraction of sp³-hybridized carbons (Fsp3) is 0.526. The smallest absolute Gasteiger partial charge is 0.224 e. The largest absolute Gasteiger partial charge is 0.353 e. The Kier molecular flexibility index (Phi) is 4.53. The minimum atomic E-state index is 0.107. The highest BCUT2D eigenvalue weighted by atomic mass is 16.1. The zero-order valence-electron chi connectivity index (χ0n) is 14.4. The van der Waals surface area contributed by atoms with Crippen LogP contribution in [-0.2, 0) is 17.8 Å². The molecule has 2 aromatic heterocycles. The van der Waals surface area contributed by atoms with Crippen molar-refractivity contribution in [2.24, 2.45) is 5.41 Å². The molecule has 2 N–H and O–H groups in total. The molecule has 6 nitrogen and oxygen atoms in total. The van der Waals surface area contributed by atoms with Crippen LogP contribution in [0.4, 0.5) is 0 Å². The summed E-state index contributed by atoms with van der Waals surface area (Å²) in [5, 5.41) is 9.80. The zero-order chi connectivity index (χ0) is 17.1. The highest BCUT2D eigenvalue weighted by Gasteiger charge is 2.46. The second kappa shape index (κ2) is 6.96. The number of hydrogen-bond donors (Lipinski definition) is 2. The molecule has 1 aliphatic heterocycles. The van der Waals surface area contributed by atoms with Crippen LogP contribution >= 0.6 is 0 Å². The van der Waals surface area contributed by atoms with Gasteiger partial charge in [-0.25, -0.2) is 0 Å². The molecule has 3 heterocycles. The standard InChI is InChI=1S/C19H25N5O/c25-18(8-16-12-21-22-13-16)23-17-9-19(10-17)3-6-24(7-4-19)14-15-2-1-5-20-11-15/h1-2,5,11-13,17H,3-4,6-10,14H2,(H,21,22)(H,23,25). The van der Waals surface area contributed by atoms with Crippen LogP contribution in [-0.4, -0.2) is 45.1 Å². The summed E-state index contributed by atoms with van der Waals surface area (Å²) in [6.45, 7) is 3.28. The summed E-state index contributed by atoms with van der Waals surface area (Å²) >= 11 is 0. The highest BCUT2D eigenvalue weighted by Crippen LogP contribution is 2.49. The number of amides is 1. The van der Waals surface area contributed by atoms with Gasteiger partial charge in [0.2, 0.25) is 5.91 Å². The van der Waals surface area contributed by atoms with Gasteiger partial charge in [-0.1, -0.05) is 6.07 Å². The van der Waals surface area contributed by atoms with Gasteiger partial charge in [-0.15, -0.1) is 0 Å². The summed E-state index contributed by atoms with van der Waals surface area (Å²) in [4.78, 5) is 18.8. The van der Waals surface area contributed by atoms with Crippen molar-refractivity contribution in [1.29, 1.82) is 0 Å². The number of likely N-dealkylation sites (tertiary alicyclic amines) is 1. The molecule has 0 bridgehead atoms. The lowest BCUT2D eigenvalue weighted by Gasteiger charge is -2.52. The van der Waals surface area contributed by atoms with E-state index in [1.165, 1.54) is 18.4 Å². The van der Waals surface area contributed by atoms with Gasteiger partial charge >= 0.3 is 0 Å². The Bertz CT molecular complexity index is 684. The summed E-state index contributed by atoms with van der Waals surface area (Å²) in [7, 11) is 0. The molecule has 1 amide bonds. The van der Waals surface area contributed by atoms with Gasteiger partial charge in [-0.2, -0.15) is 5.10 Å². The maximum atomic E-state index is 12.1. The van der Waals surface area contributed by atoms with E-state index in [1.807, 2.05) is 18.5 Å². The summed E-state index contributed by atoms with van der Waals surface area (Å²) in [6.07, 6.45) is 12.4. The lowest BCUT2D eigenvalue weighted by Crippen LogP contribution is -2.55. The quantitative estimate of drug-likeness (QED) is 0.873. The van der Waals surface area contributed by atoms with E-state index in [0.29, 0.717) is 17.9 Å². The van der Waals surface area contributed by atoms with Gasteiger partial charge in [0.25, 0.3) is 0 Å². The molecular formula is C19H25N5O. The fourth-order valence-corrected chi connectivity index (χ4v) is 4.27. The third kappa shape index (κ3) is 3.90. The van der Waals surface area contributed by atoms with Crippen LogP contribution in [0.2, 0.25) is 0 Å². The van der Waals surface area contributed by atoms with E-state index >= 15 is 0 Å². The van der Waals surface area contributed by atoms with Crippen molar-refractivity contribution >= 4 is 5.91 Å². The van der Waals surface area contributed by atoms with E-state index in [9.17, 15) is 4.79 Å². The van der Waals surface area contributed by atoms with Crippen molar-refractivity contribution in [2.75, 3.05) is 13.1 Å². The average molecular weight is 339 g/mol. The zero-order valence-corrected chi connectivity index (χ0v) is 14.4. The number of pyridine rings is 1. The van der Waals surface area contributed by atoms with Gasteiger partial charge in [0, 0.05) is 31.2 Å². The molecule has 1 saturated carbocycles. The number of nitrogens with one attached hydrogen (secondary N) is 2. The van der Waals surface area contributed by atoms with Gasteiger partial charge < -0.3 is 5.32 Å². The first-order valence-electron chi connectivity index (χ1n) is 9.09. The van der Waals surface area contributed by atoms with Gasteiger partial charge in [0.05, 0.1) is 12.6 Å². The first kappa shape index (κ1) is 16.3. The van der Waals surface area contributed by atoms with Crippen LogP contribution in [0, 0.1) is 5.41 Å². The Morgan fingerprint density at radius 1 is 1.28 bits per heavy atom. The third-order valence-electron chi connectivity index (χ3n) is 5.69. The van der Waals surface area contributed by atoms with Crippen LogP contribution in [0.25, 0.3) is 0 Å². The molecule has 1 aliphatic carbocycles. The Morgan fingerprint density at radius 2 is 2.12 bits per heavy atom. The molecule has 2 aliphatic rings. The van der Waals surface area contributed by atoms with Crippen LogP contribution in [0.3, 0.4) is 0 Å². The van der Waals surface area contributed by atoms with Crippen molar-refractivity contribution in [3.05, 3.63) is 48.0 Å². The maximum Gasteiger partial charge on any atom is 0.224 e. The number of H-pyrrole nitrogens is 1. The topological polar surface area (TPSA) is 73.9 Å². The van der Waals surface area contributed by atoms with Crippen molar-refractivity contribution in [3.63, 3.8) is 0 Å². The number of piperidine rings is 1. The number of hydrogen-bond acceptors (Lipinski definition) is 4. The maximum absolute atomic E-state index is 12.1. The highest BCUT2D eigenvalue weighted by molar-refractivity contribution is 5.78. The summed E-state index contributed by atoms with van der Waals surface area (Å²) < 4.78 is 0. The number of nitrogens with zero attached hydrogens (tertiary/aromatic N) is 3. The number of rotatable bonds is 5. The SMILES string of the molecule is O=C(Cc1cn[nH]c1)NC1CC2(CCN(Cc3cccnc3)CC2)C1. The van der Waals surface area contributed by atoms with Crippen LogP contribution in [0.1, 0.15) is 36.8 Å². The van der Waals surface area contributed by atoms with E-state index in [-0.39, 0.29) is 5.91 Å². The predicted octanol–water partition coefficient (Wildman–Crippen LogP) is 1.91. The second-order valence-electron chi connectivity index (χ2n) is 7.59. The van der Waals surface area contributed by atoms with E-state index in [1.54, 1.807) is 12.4 Å².